The van der Waals surface area contributed by atoms with Gasteiger partial charge in [-0.2, -0.15) is 5.26 Å². The van der Waals surface area contributed by atoms with Crippen LogP contribution in [0.3, 0.4) is 0 Å². The molecule has 0 saturated carbocycles. The summed E-state index contributed by atoms with van der Waals surface area (Å²) in [5.74, 6) is -0.220. The Morgan fingerprint density at radius 1 is 1.43 bits per heavy atom. The van der Waals surface area contributed by atoms with Crippen LogP contribution in [-0.2, 0) is 9.53 Å². The Morgan fingerprint density at radius 2 is 2.09 bits per heavy atom. The van der Waals surface area contributed by atoms with Gasteiger partial charge in [0.15, 0.2) is 0 Å². The zero-order chi connectivity index (χ0) is 17.0. The van der Waals surface area contributed by atoms with Crippen LogP contribution in [0, 0.1) is 11.3 Å². The molecule has 2 atom stereocenters. The second-order valence-electron chi connectivity index (χ2n) is 6.94. The van der Waals surface area contributed by atoms with Crippen LogP contribution >= 0.6 is 0 Å². The summed E-state index contributed by atoms with van der Waals surface area (Å²) in [6, 6.07) is 8.65. The first-order chi connectivity index (χ1) is 10.8. The van der Waals surface area contributed by atoms with Crippen LogP contribution in [0.15, 0.2) is 24.3 Å². The van der Waals surface area contributed by atoms with Crippen LogP contribution in [0.2, 0.25) is 0 Å². The van der Waals surface area contributed by atoms with Gasteiger partial charge in [0, 0.05) is 6.54 Å². The van der Waals surface area contributed by atoms with Gasteiger partial charge < -0.3 is 9.84 Å². The number of carbonyl (C=O) groups excluding carboxylic acids is 1. The average Bonchev–Trinajstić information content (AvgIpc) is 2.94. The fraction of sp³-hybridized carbons (Fsp3) is 0.556. The number of nitrogens with zero attached hydrogens (tertiary/aromatic N) is 2. The third kappa shape index (κ3) is 4.78. The molecule has 0 bridgehead atoms. The number of esters is 1. The van der Waals surface area contributed by atoms with Crippen molar-refractivity contribution in [1.82, 2.24) is 4.90 Å². The number of carbonyl (C=O) groups is 1. The van der Waals surface area contributed by atoms with E-state index in [1.807, 2.05) is 25.7 Å². The molecule has 1 aromatic rings. The lowest BCUT2D eigenvalue weighted by Gasteiger charge is -2.28. The lowest BCUT2D eigenvalue weighted by molar-refractivity contribution is -0.160. The number of benzene rings is 1. The highest BCUT2D eigenvalue weighted by molar-refractivity contribution is 5.76. The van der Waals surface area contributed by atoms with Crippen molar-refractivity contribution in [1.29, 1.82) is 5.26 Å². The van der Waals surface area contributed by atoms with Crippen molar-refractivity contribution in [3.8, 4) is 6.07 Å². The molecule has 1 heterocycles. The molecule has 1 N–H and O–H groups in total. The molecule has 1 saturated heterocycles. The van der Waals surface area contributed by atoms with E-state index in [1.165, 1.54) is 0 Å². The van der Waals surface area contributed by atoms with Crippen LogP contribution in [-0.4, -0.2) is 40.7 Å². The van der Waals surface area contributed by atoms with Gasteiger partial charge in [0.05, 0.1) is 17.7 Å². The van der Waals surface area contributed by atoms with Crippen molar-refractivity contribution in [3.05, 3.63) is 35.4 Å². The average molecular weight is 316 g/mol. The van der Waals surface area contributed by atoms with Crippen molar-refractivity contribution in [2.24, 2.45) is 0 Å². The first-order valence-electron chi connectivity index (χ1n) is 7.95. The maximum absolute atomic E-state index is 12.3. The Balaban J connectivity index is 2.00. The van der Waals surface area contributed by atoms with Gasteiger partial charge in [-0.05, 0) is 57.9 Å². The third-order valence-electron chi connectivity index (χ3n) is 3.87. The quantitative estimate of drug-likeness (QED) is 0.864. The van der Waals surface area contributed by atoms with E-state index < -0.39 is 11.7 Å². The van der Waals surface area contributed by atoms with Gasteiger partial charge in [-0.3, -0.25) is 9.69 Å². The molecule has 1 aromatic carbocycles. The molecule has 5 nitrogen and oxygen atoms in total. The Morgan fingerprint density at radius 3 is 2.65 bits per heavy atom. The number of likely N-dealkylation sites (tertiary alicyclic amines) is 1. The standard InChI is InChI=1S/C18H24N2O3/c1-18(2,3)23-17(22)15-5-4-10-20(15)12-16(21)14-8-6-13(11-19)7-9-14/h6-9,15-16,21H,4-5,10,12H2,1-3H3/t15-,16?/m0/s1. The summed E-state index contributed by atoms with van der Waals surface area (Å²) in [6.07, 6.45) is 0.990. The monoisotopic (exact) mass is 316 g/mol. The highest BCUT2D eigenvalue weighted by Gasteiger charge is 2.35. The summed E-state index contributed by atoms with van der Waals surface area (Å²) in [4.78, 5) is 14.3. The van der Waals surface area contributed by atoms with Gasteiger partial charge in [-0.15, -0.1) is 0 Å². The lowest BCUT2D eigenvalue weighted by Crippen LogP contribution is -2.42. The molecule has 0 aromatic heterocycles. The SMILES string of the molecule is CC(C)(C)OC(=O)[C@@H]1CCCN1CC(O)c1ccc(C#N)cc1. The third-order valence-corrected chi connectivity index (χ3v) is 3.87. The van der Waals surface area contributed by atoms with Gasteiger partial charge >= 0.3 is 5.97 Å². The minimum Gasteiger partial charge on any atom is -0.459 e. The van der Waals surface area contributed by atoms with E-state index in [4.69, 9.17) is 10.00 Å². The van der Waals surface area contributed by atoms with E-state index in [1.54, 1.807) is 24.3 Å². The Labute approximate surface area is 137 Å². The summed E-state index contributed by atoms with van der Waals surface area (Å²) < 4.78 is 5.47. The number of aliphatic hydroxyl groups is 1. The summed E-state index contributed by atoms with van der Waals surface area (Å²) in [7, 11) is 0. The highest BCUT2D eigenvalue weighted by Crippen LogP contribution is 2.24. The molecule has 5 heteroatoms. The summed E-state index contributed by atoms with van der Waals surface area (Å²) in [6.45, 7) is 6.73. The van der Waals surface area contributed by atoms with E-state index in [0.29, 0.717) is 12.1 Å². The number of hydrogen-bond acceptors (Lipinski definition) is 5. The summed E-state index contributed by atoms with van der Waals surface area (Å²) in [5.41, 5.74) is 0.810. The van der Waals surface area contributed by atoms with E-state index in [9.17, 15) is 9.90 Å². The Hall–Kier alpha value is -1.90. The fourth-order valence-corrected chi connectivity index (χ4v) is 2.79. The Bertz CT molecular complexity index is 584. The number of hydrogen-bond donors (Lipinski definition) is 1. The zero-order valence-electron chi connectivity index (χ0n) is 14.0. The summed E-state index contributed by atoms with van der Waals surface area (Å²) in [5, 5.41) is 19.2. The number of aliphatic hydroxyl groups excluding tert-OH is 1. The molecule has 23 heavy (non-hydrogen) atoms. The fourth-order valence-electron chi connectivity index (χ4n) is 2.79. The van der Waals surface area contributed by atoms with Crippen molar-refractivity contribution in [2.75, 3.05) is 13.1 Å². The molecule has 124 valence electrons. The van der Waals surface area contributed by atoms with Gasteiger partial charge in [0.25, 0.3) is 0 Å². The molecule has 0 radical (unpaired) electrons. The highest BCUT2D eigenvalue weighted by atomic mass is 16.6. The smallest absolute Gasteiger partial charge is 0.323 e. The molecule has 1 aliphatic rings. The normalized spacial score (nSPS) is 20.0. The topological polar surface area (TPSA) is 73.6 Å². The number of rotatable bonds is 4. The molecule has 0 aliphatic carbocycles. The van der Waals surface area contributed by atoms with E-state index in [2.05, 4.69) is 6.07 Å². The molecule has 1 aliphatic heterocycles. The Kier molecular flexibility index (Phi) is 5.40. The maximum atomic E-state index is 12.3. The van der Waals surface area contributed by atoms with Crippen LogP contribution < -0.4 is 0 Å². The van der Waals surface area contributed by atoms with Crippen LogP contribution in [0.4, 0.5) is 0 Å². The van der Waals surface area contributed by atoms with Gasteiger partial charge in [-0.1, -0.05) is 12.1 Å². The second-order valence-corrected chi connectivity index (χ2v) is 6.94. The first-order valence-corrected chi connectivity index (χ1v) is 7.95. The first kappa shape index (κ1) is 17.5. The number of β-amino-alcohol motifs (C(OH)–C–C–N with tert-alkyl or cyclic N) is 1. The predicted molar refractivity (Wildman–Crippen MR) is 86.6 cm³/mol. The molecule has 0 amide bonds. The molecular weight excluding hydrogens is 292 g/mol. The molecule has 0 spiro atoms. The second kappa shape index (κ2) is 7.12. The number of nitriles is 1. The lowest BCUT2D eigenvalue weighted by atomic mass is 10.1. The molecule has 2 rings (SSSR count). The van der Waals surface area contributed by atoms with Gasteiger partial charge in [-0.25, -0.2) is 0 Å². The molecular formula is C18H24N2O3. The van der Waals surface area contributed by atoms with Crippen LogP contribution in [0.1, 0.15) is 50.8 Å². The van der Waals surface area contributed by atoms with Crippen molar-refractivity contribution >= 4 is 5.97 Å². The minimum absolute atomic E-state index is 0.220. The summed E-state index contributed by atoms with van der Waals surface area (Å²) >= 11 is 0. The van der Waals surface area contributed by atoms with Crippen molar-refractivity contribution in [2.45, 2.75) is 51.4 Å². The van der Waals surface area contributed by atoms with Crippen molar-refractivity contribution < 1.29 is 14.6 Å². The van der Waals surface area contributed by atoms with Gasteiger partial charge in [0.2, 0.25) is 0 Å². The van der Waals surface area contributed by atoms with Crippen LogP contribution in [0.5, 0.6) is 0 Å². The van der Waals surface area contributed by atoms with Crippen LogP contribution in [0.25, 0.3) is 0 Å². The largest absolute Gasteiger partial charge is 0.459 e. The zero-order valence-corrected chi connectivity index (χ0v) is 14.0. The van der Waals surface area contributed by atoms with Crippen molar-refractivity contribution in [3.63, 3.8) is 0 Å². The molecule has 1 unspecified atom stereocenters. The van der Waals surface area contributed by atoms with E-state index in [0.717, 1.165) is 24.9 Å². The maximum Gasteiger partial charge on any atom is 0.323 e. The van der Waals surface area contributed by atoms with E-state index in [-0.39, 0.29) is 12.0 Å². The minimum atomic E-state index is -0.689. The van der Waals surface area contributed by atoms with E-state index >= 15 is 0 Å². The molecule has 1 fully saturated rings. The number of ether oxygens (including phenoxy) is 1. The van der Waals surface area contributed by atoms with Gasteiger partial charge in [0.1, 0.15) is 11.6 Å². The predicted octanol–water partition coefficient (Wildman–Crippen LogP) is 2.40.